The Morgan fingerprint density at radius 3 is 2.47 bits per heavy atom. The van der Waals surface area contributed by atoms with E-state index in [0.29, 0.717) is 23.9 Å². The lowest BCUT2D eigenvalue weighted by Gasteiger charge is -2.38. The standard InChI is InChI=1S/C14H30N2O/c1-5-12(6-7-17)16-14(10-15)9-13(3,4)8-11(14)2/h11-12,16-17H,5-10,15H2,1-4H3. The summed E-state index contributed by atoms with van der Waals surface area (Å²) in [5.41, 5.74) is 6.50. The van der Waals surface area contributed by atoms with Crippen molar-refractivity contribution in [2.24, 2.45) is 17.1 Å². The van der Waals surface area contributed by atoms with Gasteiger partial charge in [0.25, 0.3) is 0 Å². The van der Waals surface area contributed by atoms with Gasteiger partial charge in [-0.2, -0.15) is 0 Å². The molecule has 0 aromatic heterocycles. The van der Waals surface area contributed by atoms with Gasteiger partial charge in [-0.3, -0.25) is 0 Å². The molecular weight excluding hydrogens is 212 g/mol. The van der Waals surface area contributed by atoms with E-state index in [0.717, 1.165) is 19.3 Å². The molecule has 0 radical (unpaired) electrons. The average Bonchev–Trinajstić information content (AvgIpc) is 2.48. The quantitative estimate of drug-likeness (QED) is 0.666. The Balaban J connectivity index is 2.75. The molecule has 102 valence electrons. The smallest absolute Gasteiger partial charge is 0.0445 e. The number of nitrogens with two attached hydrogens (primary N) is 1. The maximum absolute atomic E-state index is 9.10. The van der Waals surface area contributed by atoms with Gasteiger partial charge in [-0.15, -0.1) is 0 Å². The third-order valence-electron chi connectivity index (χ3n) is 4.42. The minimum atomic E-state index is 0.0688. The molecule has 3 unspecified atom stereocenters. The first-order chi connectivity index (χ1) is 7.89. The van der Waals surface area contributed by atoms with E-state index in [1.165, 1.54) is 6.42 Å². The second kappa shape index (κ2) is 5.68. The summed E-state index contributed by atoms with van der Waals surface area (Å²) in [7, 11) is 0. The lowest BCUT2D eigenvalue weighted by molar-refractivity contribution is 0.194. The van der Waals surface area contributed by atoms with E-state index in [4.69, 9.17) is 10.8 Å². The fraction of sp³-hybridized carbons (Fsp3) is 1.00. The first-order valence-corrected chi connectivity index (χ1v) is 6.98. The largest absolute Gasteiger partial charge is 0.396 e. The molecular formula is C14H30N2O. The Morgan fingerprint density at radius 1 is 1.47 bits per heavy atom. The summed E-state index contributed by atoms with van der Waals surface area (Å²) < 4.78 is 0. The predicted octanol–water partition coefficient (Wildman–Crippen LogP) is 1.89. The van der Waals surface area contributed by atoms with Crippen molar-refractivity contribution < 1.29 is 5.11 Å². The molecule has 3 atom stereocenters. The molecule has 1 saturated carbocycles. The van der Waals surface area contributed by atoms with Crippen molar-refractivity contribution in [2.45, 2.75) is 65.0 Å². The molecule has 0 aliphatic heterocycles. The molecule has 0 aromatic carbocycles. The van der Waals surface area contributed by atoms with Crippen LogP contribution in [0.3, 0.4) is 0 Å². The molecule has 4 N–H and O–H groups in total. The molecule has 0 heterocycles. The summed E-state index contributed by atoms with van der Waals surface area (Å²) in [6.07, 6.45) is 4.24. The van der Waals surface area contributed by atoms with Gasteiger partial charge in [0.2, 0.25) is 0 Å². The Hall–Kier alpha value is -0.120. The molecule has 17 heavy (non-hydrogen) atoms. The molecule has 1 rings (SSSR count). The molecule has 1 aliphatic carbocycles. The Bertz CT molecular complexity index is 242. The monoisotopic (exact) mass is 242 g/mol. The van der Waals surface area contributed by atoms with Crippen molar-refractivity contribution in [3.63, 3.8) is 0 Å². The van der Waals surface area contributed by atoms with Crippen molar-refractivity contribution in [1.82, 2.24) is 5.32 Å². The van der Waals surface area contributed by atoms with Crippen molar-refractivity contribution in [1.29, 1.82) is 0 Å². The molecule has 0 bridgehead atoms. The fourth-order valence-electron chi connectivity index (χ4n) is 3.59. The lowest BCUT2D eigenvalue weighted by atomic mass is 9.85. The Kier molecular flexibility index (Phi) is 4.99. The third kappa shape index (κ3) is 3.43. The minimum Gasteiger partial charge on any atom is -0.396 e. The summed E-state index contributed by atoms with van der Waals surface area (Å²) in [6.45, 7) is 10.1. The van der Waals surface area contributed by atoms with Crippen molar-refractivity contribution >= 4 is 0 Å². The van der Waals surface area contributed by atoms with Crippen LogP contribution in [-0.2, 0) is 0 Å². The first kappa shape index (κ1) is 14.9. The van der Waals surface area contributed by atoms with Crippen LogP contribution in [0.4, 0.5) is 0 Å². The molecule has 0 aromatic rings. The zero-order valence-corrected chi connectivity index (χ0v) is 11.9. The van der Waals surface area contributed by atoms with E-state index in [1.807, 2.05) is 0 Å². The van der Waals surface area contributed by atoms with E-state index in [9.17, 15) is 0 Å². The molecule has 3 heteroatoms. The minimum absolute atomic E-state index is 0.0688. The molecule has 0 amide bonds. The molecule has 1 fully saturated rings. The van der Waals surface area contributed by atoms with Crippen LogP contribution in [0.25, 0.3) is 0 Å². The van der Waals surface area contributed by atoms with E-state index in [1.54, 1.807) is 0 Å². The second-order valence-corrected chi connectivity index (χ2v) is 6.57. The summed E-state index contributed by atoms with van der Waals surface area (Å²) in [5, 5.41) is 12.8. The van der Waals surface area contributed by atoms with Gasteiger partial charge in [-0.1, -0.05) is 27.7 Å². The number of hydrogen-bond acceptors (Lipinski definition) is 3. The van der Waals surface area contributed by atoms with Gasteiger partial charge in [-0.05, 0) is 37.0 Å². The summed E-state index contributed by atoms with van der Waals surface area (Å²) in [6, 6.07) is 0.389. The van der Waals surface area contributed by atoms with Crippen LogP contribution in [0.2, 0.25) is 0 Å². The zero-order valence-electron chi connectivity index (χ0n) is 11.9. The van der Waals surface area contributed by atoms with Crippen LogP contribution < -0.4 is 11.1 Å². The number of rotatable bonds is 6. The van der Waals surface area contributed by atoms with E-state index in [-0.39, 0.29) is 12.1 Å². The van der Waals surface area contributed by atoms with Crippen molar-refractivity contribution in [3.8, 4) is 0 Å². The van der Waals surface area contributed by atoms with E-state index >= 15 is 0 Å². The first-order valence-electron chi connectivity index (χ1n) is 6.98. The number of hydrogen-bond donors (Lipinski definition) is 3. The molecule has 3 nitrogen and oxygen atoms in total. The SMILES string of the molecule is CCC(CCO)NC1(CN)CC(C)(C)CC1C. The number of nitrogens with one attached hydrogen (secondary N) is 1. The highest BCUT2D eigenvalue weighted by Crippen LogP contribution is 2.47. The van der Waals surface area contributed by atoms with Gasteiger partial charge in [0.15, 0.2) is 0 Å². The van der Waals surface area contributed by atoms with Gasteiger partial charge >= 0.3 is 0 Å². The topological polar surface area (TPSA) is 58.3 Å². The van der Waals surface area contributed by atoms with Crippen molar-refractivity contribution in [2.75, 3.05) is 13.2 Å². The van der Waals surface area contributed by atoms with Gasteiger partial charge in [0.1, 0.15) is 0 Å². The van der Waals surface area contributed by atoms with Crippen LogP contribution in [-0.4, -0.2) is 29.8 Å². The van der Waals surface area contributed by atoms with Crippen LogP contribution in [0.5, 0.6) is 0 Å². The molecule has 0 saturated heterocycles. The van der Waals surface area contributed by atoms with E-state index in [2.05, 4.69) is 33.0 Å². The normalized spacial score (nSPS) is 33.9. The molecule has 0 spiro atoms. The second-order valence-electron chi connectivity index (χ2n) is 6.57. The van der Waals surface area contributed by atoms with Gasteiger partial charge in [0.05, 0.1) is 0 Å². The highest BCUT2D eigenvalue weighted by Gasteiger charge is 2.48. The average molecular weight is 242 g/mol. The van der Waals surface area contributed by atoms with Crippen molar-refractivity contribution in [3.05, 3.63) is 0 Å². The maximum Gasteiger partial charge on any atom is 0.0445 e. The van der Waals surface area contributed by atoms with Gasteiger partial charge < -0.3 is 16.2 Å². The number of aliphatic hydroxyl groups is 1. The predicted molar refractivity (Wildman–Crippen MR) is 72.9 cm³/mol. The summed E-state index contributed by atoms with van der Waals surface area (Å²) >= 11 is 0. The number of aliphatic hydroxyl groups excluding tert-OH is 1. The Labute approximate surface area is 106 Å². The molecule has 1 aliphatic rings. The fourth-order valence-corrected chi connectivity index (χ4v) is 3.59. The lowest BCUT2D eigenvalue weighted by Crippen LogP contribution is -2.57. The van der Waals surface area contributed by atoms with Crippen LogP contribution in [0.15, 0.2) is 0 Å². The maximum atomic E-state index is 9.10. The highest BCUT2D eigenvalue weighted by atomic mass is 16.3. The van der Waals surface area contributed by atoms with E-state index < -0.39 is 0 Å². The van der Waals surface area contributed by atoms with Crippen LogP contribution in [0, 0.1) is 11.3 Å². The van der Waals surface area contributed by atoms with Gasteiger partial charge in [-0.25, -0.2) is 0 Å². The summed E-state index contributed by atoms with van der Waals surface area (Å²) in [4.78, 5) is 0. The summed E-state index contributed by atoms with van der Waals surface area (Å²) in [5.74, 6) is 0.607. The Morgan fingerprint density at radius 2 is 2.12 bits per heavy atom. The third-order valence-corrected chi connectivity index (χ3v) is 4.42. The highest BCUT2D eigenvalue weighted by molar-refractivity contribution is 5.05. The zero-order chi connectivity index (χ0) is 13.1. The van der Waals surface area contributed by atoms with Crippen LogP contribution >= 0.6 is 0 Å². The van der Waals surface area contributed by atoms with Gasteiger partial charge in [0, 0.05) is 24.7 Å². The van der Waals surface area contributed by atoms with Crippen LogP contribution in [0.1, 0.15) is 53.4 Å².